The van der Waals surface area contributed by atoms with Gasteiger partial charge in [0.2, 0.25) is 11.8 Å². The van der Waals surface area contributed by atoms with Crippen molar-refractivity contribution in [2.75, 3.05) is 19.8 Å². The molecule has 116 heavy (non-hydrogen) atoms. The number of nitriles is 2. The molecular formula is C76H57BrCl4F8I5N4O14S4-. The molecule has 0 spiro atoms. The van der Waals surface area contributed by atoms with Crippen LogP contribution in [-0.4, -0.2) is 65.7 Å². The SMILES string of the molecule is C.C.CCOC(=O)c1sc2cccc(Cl)c2c1CBr.CCOC(=O)c1sc2cccc(Cl)c2c1COc1c(F)cc(C#N)cc1F.CCOC(=O)c1sc2cccc(Cl)c2c1COc1c(F)cc(C(N)=O)cc1F.I[I-]I(I)I.N#Cc1cc(F)c(O)c(F)c1.NC(=O)c1cc(F)c(OCc2c(C(=O)O)sc3cccc(Cl)c23)c(F)c1. The molecule has 0 fully saturated rings. The Morgan fingerprint density at radius 3 is 0.974 bits per heavy atom. The van der Waals surface area contributed by atoms with E-state index in [1.807, 2.05) is 18.2 Å². The molecule has 4 aromatic heterocycles. The molecule has 0 atom stereocenters. The quantitative estimate of drug-likeness (QED) is 0.0181. The first kappa shape index (κ1) is 99.9. The van der Waals surface area contributed by atoms with E-state index in [9.17, 15) is 69.0 Å². The zero-order chi connectivity index (χ0) is 84.1. The summed E-state index contributed by atoms with van der Waals surface area (Å²) in [6.45, 7) is 4.82. The number of hydrogen-bond acceptors (Lipinski definition) is 19. The Balaban J connectivity index is 0.000000260. The fourth-order valence-corrected chi connectivity index (χ4v) is 16.6. The van der Waals surface area contributed by atoms with Crippen LogP contribution in [0.1, 0.15) is 128 Å². The van der Waals surface area contributed by atoms with Crippen molar-refractivity contribution in [2.24, 2.45) is 11.5 Å². The molecule has 0 saturated carbocycles. The largest absolute Gasteiger partial charge is 0.503 e. The summed E-state index contributed by atoms with van der Waals surface area (Å²) in [7, 11) is -0.245. The van der Waals surface area contributed by atoms with Crippen LogP contribution in [0.25, 0.3) is 40.3 Å². The third-order valence-electron chi connectivity index (χ3n) is 14.7. The molecule has 0 aliphatic carbocycles. The van der Waals surface area contributed by atoms with Gasteiger partial charge in [0.1, 0.15) is 39.3 Å². The van der Waals surface area contributed by atoms with E-state index in [1.165, 1.54) is 22.7 Å². The predicted molar refractivity (Wildman–Crippen MR) is 471 cm³/mol. The molecule has 0 saturated heterocycles. The van der Waals surface area contributed by atoms with E-state index >= 15 is 0 Å². The Morgan fingerprint density at radius 1 is 0.474 bits per heavy atom. The third-order valence-corrected chi connectivity index (χ3v) is 104. The summed E-state index contributed by atoms with van der Waals surface area (Å²) >= 11 is 41.3. The second kappa shape index (κ2) is 47.4. The van der Waals surface area contributed by atoms with Gasteiger partial charge in [0, 0.05) is 93.6 Å². The molecule has 12 aromatic rings. The van der Waals surface area contributed by atoms with Crippen molar-refractivity contribution in [1.29, 1.82) is 10.5 Å². The van der Waals surface area contributed by atoms with Crippen molar-refractivity contribution in [3.8, 4) is 35.1 Å². The number of halogens is 18. The minimum Gasteiger partial charge on any atom is -0.503 e. The Kier molecular flexibility index (Phi) is 40.8. The smallest absolute Gasteiger partial charge is 0.346 e. The second-order valence-electron chi connectivity index (χ2n) is 21.8. The number of alkyl halides is 1. The molecule has 0 aliphatic heterocycles. The summed E-state index contributed by atoms with van der Waals surface area (Å²) in [5.41, 5.74) is 10.9. The molecule has 18 nitrogen and oxygen atoms in total. The zero-order valence-corrected chi connectivity index (χ0v) is 76.4. The summed E-state index contributed by atoms with van der Waals surface area (Å²) in [6.07, 6.45) is 0. The molecule has 616 valence electrons. The van der Waals surface area contributed by atoms with Crippen molar-refractivity contribution in [3.05, 3.63) is 252 Å². The molecule has 0 aliphatic rings. The van der Waals surface area contributed by atoms with E-state index in [0.29, 0.717) is 86.8 Å². The van der Waals surface area contributed by atoms with Gasteiger partial charge < -0.3 is 50.1 Å². The summed E-state index contributed by atoms with van der Waals surface area (Å²) in [5, 5.41) is 39.7. The van der Waals surface area contributed by atoms with Gasteiger partial charge in [0.15, 0.2) is 69.5 Å². The number of thiophene rings is 4. The maximum atomic E-state index is 14.2. The van der Waals surface area contributed by atoms with Gasteiger partial charge in [-0.3, -0.25) is 9.59 Å². The first-order chi connectivity index (χ1) is 54.2. The molecule has 2 amide bonds. The number of fused-ring (bicyclic) bond motifs is 4. The van der Waals surface area contributed by atoms with E-state index in [1.54, 1.807) is 87.5 Å². The Bertz CT molecular complexity index is 5650. The first-order valence-electron chi connectivity index (χ1n) is 31.5. The van der Waals surface area contributed by atoms with Gasteiger partial charge in [-0.2, -0.15) is 10.5 Å². The molecule has 0 unspecified atom stereocenters. The molecule has 8 aromatic carbocycles. The molecule has 0 radical (unpaired) electrons. The first-order valence-corrected chi connectivity index (χ1v) is 62.6. The number of ether oxygens (including phenoxy) is 6. The van der Waals surface area contributed by atoms with Crippen LogP contribution in [0.3, 0.4) is 0 Å². The molecule has 40 heteroatoms. The van der Waals surface area contributed by atoms with E-state index in [0.717, 1.165) is 91.6 Å². The number of aromatic carboxylic acids is 1. The summed E-state index contributed by atoms with van der Waals surface area (Å²) < 4.78 is 143. The number of primary amides is 2. The number of aromatic hydroxyl groups is 1. The minimum atomic E-state index is -1.20. The van der Waals surface area contributed by atoms with Crippen LogP contribution in [0.4, 0.5) is 35.1 Å². The van der Waals surface area contributed by atoms with Crippen molar-refractivity contribution < 1.29 is 116 Å². The predicted octanol–water partition coefficient (Wildman–Crippen LogP) is 22.3. The Morgan fingerprint density at radius 2 is 0.724 bits per heavy atom. The van der Waals surface area contributed by atoms with Crippen LogP contribution < -0.4 is 38.9 Å². The fourth-order valence-electron chi connectivity index (χ4n) is 9.97. The number of nitrogens with two attached hydrogens (primary N) is 2. The number of benzene rings is 8. The van der Waals surface area contributed by atoms with Gasteiger partial charge in [-0.1, -0.05) is 101 Å². The maximum absolute atomic E-state index is 14.2. The summed E-state index contributed by atoms with van der Waals surface area (Å²) in [6, 6.07) is 30.4. The monoisotopic (exact) mass is 2380 g/mol. The minimum absolute atomic E-state index is 0. The maximum Gasteiger partial charge on any atom is 0.346 e. The number of phenols is 1. The number of nitrogens with zero attached hydrogens (tertiary/aromatic N) is 2. The number of esters is 3. The molecule has 12 rings (SSSR count). The van der Waals surface area contributed by atoms with Crippen LogP contribution in [0.5, 0.6) is 23.0 Å². The van der Waals surface area contributed by atoms with Gasteiger partial charge in [0.05, 0.1) is 43.1 Å². The van der Waals surface area contributed by atoms with Gasteiger partial charge in [0.25, 0.3) is 0 Å². The van der Waals surface area contributed by atoms with E-state index in [4.69, 9.17) is 102 Å². The number of carbonyl (C=O) groups is 6. The van der Waals surface area contributed by atoms with Gasteiger partial charge in [-0.05, 0) is 123 Å². The molecule has 4 heterocycles. The third kappa shape index (κ3) is 25.7. The van der Waals surface area contributed by atoms with Crippen molar-refractivity contribution in [2.45, 2.75) is 60.8 Å². The number of amides is 2. The van der Waals surface area contributed by atoms with E-state index < -0.39 is 106 Å². The average molecular weight is 2390 g/mol. The van der Waals surface area contributed by atoms with Crippen LogP contribution in [0.15, 0.2) is 121 Å². The topological polar surface area (TPSA) is 298 Å². The van der Waals surface area contributed by atoms with Crippen LogP contribution >= 0.6 is 171 Å². The second-order valence-corrected chi connectivity index (χ2v) is 93.2. The number of phenolic OH excluding ortho intramolecular Hbond substituents is 1. The van der Waals surface area contributed by atoms with E-state index in [-0.39, 0.29) is 97.6 Å². The number of carbonyl (C=O) groups excluding carboxylic acids is 5. The van der Waals surface area contributed by atoms with Gasteiger partial charge in [-0.25, -0.2) is 54.3 Å². The normalized spacial score (nSPS) is 10.5. The molecular weight excluding hydrogens is 2330 g/mol. The van der Waals surface area contributed by atoms with Crippen LogP contribution in [0, 0.1) is 69.2 Å². The van der Waals surface area contributed by atoms with Gasteiger partial charge >= 0.3 is 101 Å². The number of hydrogen-bond donors (Lipinski definition) is 4. The van der Waals surface area contributed by atoms with Crippen molar-refractivity contribution >= 4 is 247 Å². The Labute approximate surface area is 743 Å². The number of carboxylic acids is 1. The average Bonchev–Trinajstić information content (AvgIpc) is 1.64. The standard InChI is InChI=1S/C19H14ClF2NO4S.C19H12ClF2NO3S.C17H10ClF2NO4S.C12H10BrClO2S.C7H3F2NO.2CH4.I5/c1-2-26-19(25)17-10(15-11(20)4-3-5-14(15)28-17)8-27-16-12(21)6-9(18(23)24)7-13(16)22;1-2-25-19(24)18-11(16-12(20)4-3-5-15(16)27-18)9-26-17-13(21)6-10(8-23)7-14(17)22;18-9-2-1-3-12-13(9)8(15(26-12)17(23)24)6-25-14-10(19)4-7(16(21)22)5-11(14)20;1-2-16-12(15)11-7(6-13)10-8(14)4-3-5-9(10)17-11;8-5-1-4(3-10)2-6(9)7(5)11;;;1-4-5(2)3/h3-7H,2,8H2,1H3,(H2,23,24);3-7H,2,9H2,1H3;1-5H,6H2,(H2,21,22)(H,23,24);3-5H,2,6H2,1H3;1-2,11H;2*1H4;/q;;;;;;;-1. The van der Waals surface area contributed by atoms with E-state index in [2.05, 4.69) is 71.8 Å². The molecule has 0 bridgehead atoms. The number of rotatable bonds is 20. The van der Waals surface area contributed by atoms with Gasteiger partial charge in [-0.15, -0.1) is 45.3 Å². The Hall–Kier alpha value is -6.67. The zero-order valence-electron chi connectivity index (χ0n) is 57.8. The summed E-state index contributed by atoms with van der Waals surface area (Å²) in [5.74, 6) is -16.4. The van der Waals surface area contributed by atoms with Crippen molar-refractivity contribution in [3.63, 3.8) is 0 Å². The van der Waals surface area contributed by atoms with Crippen LogP contribution in [-0.2, 0) is 39.4 Å². The molecule has 6 N–H and O–H groups in total. The number of carboxylic acid groups (broad SMARTS) is 1. The summed E-state index contributed by atoms with van der Waals surface area (Å²) in [4.78, 5) is 71.1. The fraction of sp³-hybridized carbons (Fsp3) is 0.158. The van der Waals surface area contributed by atoms with Crippen LogP contribution in [0.2, 0.25) is 20.1 Å². The van der Waals surface area contributed by atoms with Crippen molar-refractivity contribution in [1.82, 2.24) is 0 Å².